The number of carbonyl (C=O) groups is 1. The second-order valence-corrected chi connectivity index (χ2v) is 6.04. The lowest BCUT2D eigenvalue weighted by Crippen LogP contribution is -2.32. The number of nitrogens with zero attached hydrogens (tertiary/aromatic N) is 3. The van der Waals surface area contributed by atoms with Crippen molar-refractivity contribution < 1.29 is 13.9 Å². The van der Waals surface area contributed by atoms with Gasteiger partial charge in [0.1, 0.15) is 5.82 Å². The Morgan fingerprint density at radius 1 is 1.50 bits per heavy atom. The van der Waals surface area contributed by atoms with Crippen molar-refractivity contribution in [3.05, 3.63) is 46.8 Å². The number of carbonyl (C=O) groups excluding carboxylic acids is 1. The molecule has 0 bridgehead atoms. The van der Waals surface area contributed by atoms with Gasteiger partial charge in [-0.15, -0.1) is 0 Å². The Morgan fingerprint density at radius 3 is 2.96 bits per heavy atom. The molecule has 1 aliphatic rings. The normalized spacial score (nSPS) is 20.3. The third kappa shape index (κ3) is 3.03. The molecular formula is C17H21FN4O2. The minimum Gasteiger partial charge on any atom is -0.373 e. The average Bonchev–Trinajstić information content (AvgIpc) is 3.11. The summed E-state index contributed by atoms with van der Waals surface area (Å²) >= 11 is 0. The number of hydrogen-bond acceptors (Lipinski definition) is 4. The molecule has 128 valence electrons. The molecule has 0 unspecified atom stereocenters. The number of amides is 1. The highest BCUT2D eigenvalue weighted by atomic mass is 19.1. The molecule has 2 aromatic heterocycles. The number of nitrogens with one attached hydrogen (secondary N) is 1. The van der Waals surface area contributed by atoms with Crippen molar-refractivity contribution in [3.63, 3.8) is 0 Å². The number of rotatable bonds is 4. The molecule has 0 aromatic carbocycles. The van der Waals surface area contributed by atoms with Crippen molar-refractivity contribution >= 4 is 5.91 Å². The average molecular weight is 332 g/mol. The van der Waals surface area contributed by atoms with Gasteiger partial charge in [0.2, 0.25) is 5.91 Å². The second-order valence-electron chi connectivity index (χ2n) is 6.04. The molecule has 3 heterocycles. The molecule has 0 saturated carbocycles. The first-order valence-electron chi connectivity index (χ1n) is 7.98. The number of pyridine rings is 1. The van der Waals surface area contributed by atoms with Crippen LogP contribution < -0.4 is 5.32 Å². The third-order valence-corrected chi connectivity index (χ3v) is 4.54. The summed E-state index contributed by atoms with van der Waals surface area (Å²) < 4.78 is 21.2. The highest BCUT2D eigenvalue weighted by Crippen LogP contribution is 2.37. The summed E-state index contributed by atoms with van der Waals surface area (Å²) in [5, 5.41) is 7.18. The molecule has 1 N–H and O–H groups in total. The van der Waals surface area contributed by atoms with Gasteiger partial charge in [-0.3, -0.25) is 14.5 Å². The van der Waals surface area contributed by atoms with Crippen LogP contribution in [0.25, 0.3) is 0 Å². The summed E-state index contributed by atoms with van der Waals surface area (Å²) in [6.07, 6.45) is 1.83. The van der Waals surface area contributed by atoms with E-state index in [1.54, 1.807) is 4.68 Å². The Morgan fingerprint density at radius 2 is 2.29 bits per heavy atom. The van der Waals surface area contributed by atoms with Crippen molar-refractivity contribution in [3.8, 4) is 0 Å². The largest absolute Gasteiger partial charge is 0.373 e. The minimum absolute atomic E-state index is 0.0692. The van der Waals surface area contributed by atoms with E-state index in [2.05, 4.69) is 15.4 Å². The molecule has 1 fully saturated rings. The molecule has 0 spiro atoms. The fourth-order valence-corrected chi connectivity index (χ4v) is 3.19. The maximum atomic E-state index is 13.6. The zero-order chi connectivity index (χ0) is 17.3. The predicted octanol–water partition coefficient (Wildman–Crippen LogP) is 1.97. The Kier molecular flexibility index (Phi) is 4.62. The highest BCUT2D eigenvalue weighted by Gasteiger charge is 2.38. The van der Waals surface area contributed by atoms with Gasteiger partial charge >= 0.3 is 0 Å². The van der Waals surface area contributed by atoms with E-state index in [4.69, 9.17) is 4.74 Å². The Bertz CT molecular complexity index is 759. The van der Waals surface area contributed by atoms with Gasteiger partial charge in [0.05, 0.1) is 30.0 Å². The summed E-state index contributed by atoms with van der Waals surface area (Å²) in [5.74, 6) is -0.875. The van der Waals surface area contributed by atoms with Crippen LogP contribution in [0, 0.1) is 25.6 Å². The lowest BCUT2D eigenvalue weighted by molar-refractivity contribution is -0.127. The van der Waals surface area contributed by atoms with Crippen LogP contribution in [0.5, 0.6) is 0 Å². The predicted molar refractivity (Wildman–Crippen MR) is 85.5 cm³/mol. The van der Waals surface area contributed by atoms with Crippen molar-refractivity contribution in [1.82, 2.24) is 20.1 Å². The third-order valence-electron chi connectivity index (χ3n) is 4.54. The smallest absolute Gasteiger partial charge is 0.226 e. The summed E-state index contributed by atoms with van der Waals surface area (Å²) in [5.41, 5.74) is 3.07. The summed E-state index contributed by atoms with van der Waals surface area (Å²) in [6, 6.07) is 2.85. The molecule has 3 rings (SSSR count). The van der Waals surface area contributed by atoms with Crippen molar-refractivity contribution in [2.75, 3.05) is 6.61 Å². The van der Waals surface area contributed by atoms with Gasteiger partial charge in [-0.1, -0.05) is 0 Å². The van der Waals surface area contributed by atoms with E-state index in [-0.39, 0.29) is 30.2 Å². The van der Waals surface area contributed by atoms with E-state index in [1.807, 2.05) is 20.9 Å². The topological polar surface area (TPSA) is 69.0 Å². The molecule has 2 aromatic rings. The molecular weight excluding hydrogens is 311 g/mol. The standard InChI is InChI=1S/C17H21FN4O2/c1-10-15(11(2)22(3)21-10)16-12(6-8-24-16)17(23)20-9-14-13(18)5-4-7-19-14/h4-5,7,12,16H,6,8-9H2,1-3H3,(H,20,23)/t12-,16-/m0/s1. The van der Waals surface area contributed by atoms with Crippen LogP contribution in [0.15, 0.2) is 18.3 Å². The van der Waals surface area contributed by atoms with Crippen LogP contribution in [0.2, 0.25) is 0 Å². The lowest BCUT2D eigenvalue weighted by Gasteiger charge is -2.19. The first kappa shape index (κ1) is 16.6. The van der Waals surface area contributed by atoms with Crippen molar-refractivity contribution in [2.24, 2.45) is 13.0 Å². The quantitative estimate of drug-likeness (QED) is 0.929. The van der Waals surface area contributed by atoms with E-state index >= 15 is 0 Å². The van der Waals surface area contributed by atoms with Gasteiger partial charge in [-0.2, -0.15) is 5.10 Å². The van der Waals surface area contributed by atoms with Gasteiger partial charge in [0.25, 0.3) is 0 Å². The Labute approximate surface area is 140 Å². The zero-order valence-electron chi connectivity index (χ0n) is 14.0. The maximum absolute atomic E-state index is 13.6. The van der Waals surface area contributed by atoms with Crippen LogP contribution in [-0.4, -0.2) is 27.3 Å². The minimum atomic E-state index is -0.420. The SMILES string of the molecule is Cc1nn(C)c(C)c1[C@H]1OCC[C@@H]1C(=O)NCc1ncccc1F. The molecule has 7 heteroatoms. The lowest BCUT2D eigenvalue weighted by atomic mass is 9.93. The summed E-state index contributed by atoms with van der Waals surface area (Å²) in [6.45, 7) is 4.48. The Hall–Kier alpha value is -2.28. The number of ether oxygens (including phenoxy) is 1. The van der Waals surface area contributed by atoms with E-state index in [0.29, 0.717) is 13.0 Å². The molecule has 6 nitrogen and oxygen atoms in total. The maximum Gasteiger partial charge on any atom is 0.226 e. The van der Waals surface area contributed by atoms with Crippen LogP contribution in [0.4, 0.5) is 4.39 Å². The van der Waals surface area contributed by atoms with Crippen LogP contribution in [0.1, 0.15) is 35.2 Å². The van der Waals surface area contributed by atoms with Gasteiger partial charge in [-0.25, -0.2) is 4.39 Å². The second kappa shape index (κ2) is 6.68. The molecule has 24 heavy (non-hydrogen) atoms. The number of aromatic nitrogens is 3. The van der Waals surface area contributed by atoms with Gasteiger partial charge in [0, 0.05) is 31.1 Å². The fourth-order valence-electron chi connectivity index (χ4n) is 3.19. The first-order chi connectivity index (χ1) is 11.5. The summed E-state index contributed by atoms with van der Waals surface area (Å²) in [7, 11) is 1.87. The van der Waals surface area contributed by atoms with Gasteiger partial charge < -0.3 is 10.1 Å². The van der Waals surface area contributed by atoms with E-state index in [0.717, 1.165) is 17.0 Å². The van der Waals surface area contributed by atoms with Crippen LogP contribution in [0.3, 0.4) is 0 Å². The van der Waals surface area contributed by atoms with Crippen molar-refractivity contribution in [2.45, 2.75) is 32.9 Å². The van der Waals surface area contributed by atoms with Crippen LogP contribution >= 0.6 is 0 Å². The van der Waals surface area contributed by atoms with Gasteiger partial charge in [0.15, 0.2) is 0 Å². The fraction of sp³-hybridized carbons (Fsp3) is 0.471. The zero-order valence-corrected chi connectivity index (χ0v) is 14.0. The number of hydrogen-bond donors (Lipinski definition) is 1. The van der Waals surface area contributed by atoms with Gasteiger partial charge in [-0.05, 0) is 32.4 Å². The van der Waals surface area contributed by atoms with E-state index < -0.39 is 5.82 Å². The Balaban J connectivity index is 1.73. The highest BCUT2D eigenvalue weighted by molar-refractivity contribution is 5.79. The number of halogens is 1. The summed E-state index contributed by atoms with van der Waals surface area (Å²) in [4.78, 5) is 16.5. The monoisotopic (exact) mass is 332 g/mol. The molecule has 0 aliphatic carbocycles. The number of aryl methyl sites for hydroxylation is 2. The van der Waals surface area contributed by atoms with Crippen molar-refractivity contribution in [1.29, 1.82) is 0 Å². The first-order valence-corrected chi connectivity index (χ1v) is 7.98. The molecule has 1 aliphatic heterocycles. The molecule has 0 radical (unpaired) electrons. The van der Waals surface area contributed by atoms with Crippen LogP contribution in [-0.2, 0) is 23.1 Å². The van der Waals surface area contributed by atoms with E-state index in [9.17, 15) is 9.18 Å². The molecule has 1 saturated heterocycles. The molecule has 2 atom stereocenters. The molecule has 1 amide bonds. The van der Waals surface area contributed by atoms with E-state index in [1.165, 1.54) is 18.3 Å².